The molecule has 0 heterocycles. The number of hydrogen-bond acceptors (Lipinski definition) is 5. The first-order valence-corrected chi connectivity index (χ1v) is 3.53. The Morgan fingerprint density at radius 3 is 2.31 bits per heavy atom. The quantitative estimate of drug-likeness (QED) is 0.178. The molecule has 0 aromatic rings. The molecule has 0 aromatic heterocycles. The number of amidine groups is 1. The maximum atomic E-state index is 10.4. The van der Waals surface area contributed by atoms with Crippen LogP contribution in [0.25, 0.3) is 0 Å². The summed E-state index contributed by atoms with van der Waals surface area (Å²) >= 11 is 0. The molecule has 7 heteroatoms. The number of hydrazone groups is 1. The van der Waals surface area contributed by atoms with Crippen molar-refractivity contribution in [2.75, 3.05) is 6.54 Å². The average molecular weight is 190 g/mol. The number of aliphatic hydroxyl groups is 1. The van der Waals surface area contributed by atoms with Gasteiger partial charge in [-0.3, -0.25) is 5.01 Å². The molecule has 13 heavy (non-hydrogen) atoms. The number of hydrazine groups is 1. The summed E-state index contributed by atoms with van der Waals surface area (Å²) < 4.78 is 0. The second-order valence-electron chi connectivity index (χ2n) is 3.20. The Morgan fingerprint density at radius 2 is 2.08 bits per heavy atom. The number of carboxylic acids is 1. The molecule has 6 N–H and O–H groups in total. The van der Waals surface area contributed by atoms with Gasteiger partial charge in [-0.2, -0.15) is 5.10 Å². The van der Waals surface area contributed by atoms with E-state index in [9.17, 15) is 9.90 Å². The molecule has 0 atom stereocenters. The lowest BCUT2D eigenvalue weighted by molar-refractivity contribution is -0.130. The average Bonchev–Trinajstić information content (AvgIpc) is 1.82. The highest BCUT2D eigenvalue weighted by atomic mass is 16.4. The molecule has 0 aliphatic carbocycles. The number of carbonyl (C=O) groups is 1. The first kappa shape index (κ1) is 11.7. The summed E-state index contributed by atoms with van der Waals surface area (Å²) in [6, 6.07) is 0. The van der Waals surface area contributed by atoms with Gasteiger partial charge in [0.25, 0.3) is 0 Å². The molecule has 0 saturated carbocycles. The van der Waals surface area contributed by atoms with E-state index in [1.165, 1.54) is 13.8 Å². The number of rotatable bonds is 2. The first-order valence-electron chi connectivity index (χ1n) is 3.53. The molecule has 0 bridgehead atoms. The van der Waals surface area contributed by atoms with Crippen molar-refractivity contribution in [2.24, 2.45) is 16.8 Å². The Kier molecular flexibility index (Phi) is 3.64. The summed E-state index contributed by atoms with van der Waals surface area (Å²) in [6.45, 7) is 2.90. The van der Waals surface area contributed by atoms with Crippen LogP contribution in [0.2, 0.25) is 0 Å². The van der Waals surface area contributed by atoms with Gasteiger partial charge in [0.1, 0.15) is 0 Å². The number of hydrogen-bond donors (Lipinski definition) is 4. The van der Waals surface area contributed by atoms with Gasteiger partial charge < -0.3 is 16.1 Å². The summed E-state index contributed by atoms with van der Waals surface area (Å²) in [6.07, 6.45) is 0. The zero-order chi connectivity index (χ0) is 10.6. The van der Waals surface area contributed by atoms with Gasteiger partial charge in [-0.1, -0.05) is 0 Å². The highest BCUT2D eigenvalue weighted by Crippen LogP contribution is 2.02. The molecule has 0 aliphatic rings. The molecule has 0 radical (unpaired) electrons. The molecule has 0 spiro atoms. The van der Waals surface area contributed by atoms with Crippen molar-refractivity contribution in [2.45, 2.75) is 19.4 Å². The summed E-state index contributed by atoms with van der Waals surface area (Å²) in [4.78, 5) is 10.4. The molecule has 0 aromatic carbocycles. The van der Waals surface area contributed by atoms with Crippen LogP contribution >= 0.6 is 0 Å². The number of nitrogens with zero attached hydrogens (tertiary/aromatic N) is 2. The van der Waals surface area contributed by atoms with Crippen LogP contribution in [0.15, 0.2) is 5.10 Å². The lowest BCUT2D eigenvalue weighted by atomic mass is 10.1. The van der Waals surface area contributed by atoms with E-state index in [4.69, 9.17) is 16.8 Å². The lowest BCUT2D eigenvalue weighted by Crippen LogP contribution is -2.49. The fourth-order valence-electron chi connectivity index (χ4n) is 0.744. The van der Waals surface area contributed by atoms with Crippen LogP contribution in [0, 0.1) is 0 Å². The zero-order valence-electron chi connectivity index (χ0n) is 7.56. The van der Waals surface area contributed by atoms with E-state index in [0.717, 1.165) is 5.01 Å². The highest BCUT2D eigenvalue weighted by Gasteiger charge is 2.22. The fourth-order valence-corrected chi connectivity index (χ4v) is 0.744. The second-order valence-corrected chi connectivity index (χ2v) is 3.20. The van der Waals surface area contributed by atoms with E-state index in [1.54, 1.807) is 0 Å². The lowest BCUT2D eigenvalue weighted by Gasteiger charge is -2.25. The summed E-state index contributed by atoms with van der Waals surface area (Å²) in [7, 11) is 0. The Morgan fingerprint density at radius 1 is 1.62 bits per heavy atom. The predicted molar refractivity (Wildman–Crippen MR) is 46.4 cm³/mol. The largest absolute Gasteiger partial charge is 0.475 e. The zero-order valence-corrected chi connectivity index (χ0v) is 7.56. The topological polar surface area (TPSA) is 125 Å². The summed E-state index contributed by atoms with van der Waals surface area (Å²) in [5.74, 6) is 8.26. The van der Waals surface area contributed by atoms with Gasteiger partial charge in [0.15, 0.2) is 0 Å². The van der Waals surface area contributed by atoms with Crippen LogP contribution in [0.4, 0.5) is 0 Å². The third-order valence-electron chi connectivity index (χ3n) is 1.14. The molecule has 7 nitrogen and oxygen atoms in total. The third-order valence-corrected chi connectivity index (χ3v) is 1.14. The smallest absolute Gasteiger partial charge is 0.374 e. The van der Waals surface area contributed by atoms with Gasteiger partial charge in [0.2, 0.25) is 5.84 Å². The van der Waals surface area contributed by atoms with Crippen LogP contribution < -0.4 is 11.7 Å². The maximum Gasteiger partial charge on any atom is 0.374 e. The monoisotopic (exact) mass is 190 g/mol. The van der Waals surface area contributed by atoms with Crippen LogP contribution in [-0.2, 0) is 4.79 Å². The minimum Gasteiger partial charge on any atom is -0.475 e. The van der Waals surface area contributed by atoms with Gasteiger partial charge in [0, 0.05) is 0 Å². The number of aliphatic carboxylic acids is 1. The molecule has 0 fully saturated rings. The Bertz CT molecular complexity index is 220. The van der Waals surface area contributed by atoms with Crippen molar-refractivity contribution in [3.05, 3.63) is 0 Å². The summed E-state index contributed by atoms with van der Waals surface area (Å²) in [5, 5.41) is 21.6. The van der Waals surface area contributed by atoms with Gasteiger partial charge in [-0.15, -0.1) is 0 Å². The SMILES string of the molecule is CC(C)(O)CN(N)/C(=N\N)C(=O)O. The summed E-state index contributed by atoms with van der Waals surface area (Å²) in [5.41, 5.74) is -1.11. The number of carboxylic acid groups (broad SMARTS) is 1. The maximum absolute atomic E-state index is 10.4. The predicted octanol–water partition coefficient (Wildman–Crippen LogP) is -1.71. The van der Waals surface area contributed by atoms with E-state index in [0.29, 0.717) is 0 Å². The number of nitrogens with two attached hydrogens (primary N) is 2. The van der Waals surface area contributed by atoms with Crippen LogP contribution in [0.1, 0.15) is 13.8 Å². The van der Waals surface area contributed by atoms with Crippen molar-refractivity contribution >= 4 is 11.8 Å². The molecular weight excluding hydrogens is 176 g/mol. The Labute approximate surface area is 75.6 Å². The third kappa shape index (κ3) is 4.28. The molecule has 0 aliphatic heterocycles. The molecule has 0 rings (SSSR count). The second kappa shape index (κ2) is 4.06. The van der Waals surface area contributed by atoms with Gasteiger partial charge >= 0.3 is 5.97 Å². The van der Waals surface area contributed by atoms with E-state index in [1.807, 2.05) is 0 Å². The van der Waals surface area contributed by atoms with E-state index >= 15 is 0 Å². The highest BCUT2D eigenvalue weighted by molar-refractivity contribution is 6.34. The van der Waals surface area contributed by atoms with Crippen molar-refractivity contribution in [3.8, 4) is 0 Å². The molecule has 0 saturated heterocycles. The molecular formula is C6H14N4O3. The van der Waals surface area contributed by atoms with Crippen molar-refractivity contribution < 1.29 is 15.0 Å². The van der Waals surface area contributed by atoms with Crippen molar-refractivity contribution in [1.82, 2.24) is 5.01 Å². The van der Waals surface area contributed by atoms with Crippen LogP contribution in [0.5, 0.6) is 0 Å². The normalized spacial score (nSPS) is 12.8. The fraction of sp³-hybridized carbons (Fsp3) is 0.667. The van der Waals surface area contributed by atoms with E-state index in [2.05, 4.69) is 5.10 Å². The van der Waals surface area contributed by atoms with E-state index < -0.39 is 17.4 Å². The molecule has 0 unspecified atom stereocenters. The van der Waals surface area contributed by atoms with Crippen molar-refractivity contribution in [3.63, 3.8) is 0 Å². The van der Waals surface area contributed by atoms with Gasteiger partial charge in [-0.05, 0) is 13.8 Å². The van der Waals surface area contributed by atoms with Crippen LogP contribution in [-0.4, -0.2) is 39.2 Å². The van der Waals surface area contributed by atoms with E-state index in [-0.39, 0.29) is 6.54 Å². The molecule has 0 amide bonds. The van der Waals surface area contributed by atoms with Gasteiger partial charge in [-0.25, -0.2) is 10.6 Å². The van der Waals surface area contributed by atoms with Crippen molar-refractivity contribution in [1.29, 1.82) is 0 Å². The Balaban J connectivity index is 4.42. The molecule has 76 valence electrons. The minimum absolute atomic E-state index is 0.0741. The van der Waals surface area contributed by atoms with Crippen LogP contribution in [0.3, 0.4) is 0 Å². The standard InChI is InChI=1S/C6H14N4O3/c1-6(2,13)3-10(8)4(9-7)5(11)12/h13H,3,7-8H2,1-2H3,(H,11,12)/b9-4-. The first-order chi connectivity index (χ1) is 5.78. The van der Waals surface area contributed by atoms with Gasteiger partial charge in [0.05, 0.1) is 12.1 Å². The Hall–Kier alpha value is -1.34. The minimum atomic E-state index is -1.34.